The number of ether oxygens (including phenoxy) is 1. The highest BCUT2D eigenvalue weighted by Gasteiger charge is 2.17. The number of nitro benzene ring substituents is 1. The number of hydrogen-bond acceptors (Lipinski definition) is 4. The minimum absolute atomic E-state index is 0.177. The van der Waals surface area contributed by atoms with Gasteiger partial charge >= 0.3 is 0 Å². The molecular weight excluding hydrogens is 296 g/mol. The number of carbonyl (C=O) groups excluding carboxylic acids is 1. The third-order valence-electron chi connectivity index (χ3n) is 3.23. The SMILES string of the molecule is CCOc1ccc(NC(=O)CCc2ccccc2)c([N+](=O)[O-])c1. The maximum Gasteiger partial charge on any atom is 0.296 e. The van der Waals surface area contributed by atoms with Crippen molar-refractivity contribution >= 4 is 17.3 Å². The normalized spacial score (nSPS) is 10.1. The lowest BCUT2D eigenvalue weighted by Gasteiger charge is -2.08. The van der Waals surface area contributed by atoms with Crippen LogP contribution in [0.4, 0.5) is 11.4 Å². The number of amides is 1. The van der Waals surface area contributed by atoms with Crippen molar-refractivity contribution in [2.75, 3.05) is 11.9 Å². The molecule has 0 bridgehead atoms. The first-order valence-corrected chi connectivity index (χ1v) is 7.35. The van der Waals surface area contributed by atoms with E-state index in [0.29, 0.717) is 18.8 Å². The van der Waals surface area contributed by atoms with Crippen molar-refractivity contribution in [1.82, 2.24) is 0 Å². The predicted molar refractivity (Wildman–Crippen MR) is 87.7 cm³/mol. The Balaban J connectivity index is 2.03. The van der Waals surface area contributed by atoms with Crippen LogP contribution in [0.2, 0.25) is 0 Å². The summed E-state index contributed by atoms with van der Waals surface area (Å²) in [6.07, 6.45) is 0.839. The molecule has 0 aliphatic heterocycles. The summed E-state index contributed by atoms with van der Waals surface area (Å²) in [5.74, 6) is 0.141. The van der Waals surface area contributed by atoms with Crippen LogP contribution in [0.1, 0.15) is 18.9 Å². The molecule has 2 aromatic carbocycles. The Morgan fingerprint density at radius 2 is 1.96 bits per heavy atom. The Labute approximate surface area is 134 Å². The van der Waals surface area contributed by atoms with Crippen LogP contribution in [-0.2, 0) is 11.2 Å². The second kappa shape index (κ2) is 7.93. The molecule has 23 heavy (non-hydrogen) atoms. The predicted octanol–water partition coefficient (Wildman–Crippen LogP) is 3.56. The first-order valence-electron chi connectivity index (χ1n) is 7.35. The summed E-state index contributed by atoms with van der Waals surface area (Å²) in [4.78, 5) is 22.6. The van der Waals surface area contributed by atoms with Crippen LogP contribution >= 0.6 is 0 Å². The van der Waals surface area contributed by atoms with Gasteiger partial charge in [-0.05, 0) is 31.0 Å². The van der Waals surface area contributed by atoms with Crippen LogP contribution in [0.3, 0.4) is 0 Å². The van der Waals surface area contributed by atoms with E-state index in [1.54, 1.807) is 13.0 Å². The van der Waals surface area contributed by atoms with Crippen molar-refractivity contribution in [2.24, 2.45) is 0 Å². The molecule has 1 N–H and O–H groups in total. The van der Waals surface area contributed by atoms with Crippen LogP contribution in [0, 0.1) is 10.1 Å². The number of anilines is 1. The van der Waals surface area contributed by atoms with Gasteiger partial charge in [-0.1, -0.05) is 30.3 Å². The maximum atomic E-state index is 12.0. The first kappa shape index (κ1) is 16.5. The van der Waals surface area contributed by atoms with E-state index in [4.69, 9.17) is 4.74 Å². The van der Waals surface area contributed by atoms with Gasteiger partial charge < -0.3 is 10.1 Å². The molecule has 0 aromatic heterocycles. The van der Waals surface area contributed by atoms with Crippen LogP contribution in [-0.4, -0.2) is 17.4 Å². The lowest BCUT2D eigenvalue weighted by Crippen LogP contribution is -2.13. The summed E-state index contributed by atoms with van der Waals surface area (Å²) in [6, 6.07) is 14.0. The number of nitrogens with one attached hydrogen (secondary N) is 1. The van der Waals surface area contributed by atoms with Crippen molar-refractivity contribution in [3.05, 3.63) is 64.2 Å². The Kier molecular flexibility index (Phi) is 5.68. The third-order valence-corrected chi connectivity index (χ3v) is 3.23. The number of hydrogen-bond donors (Lipinski definition) is 1. The average Bonchev–Trinajstić information content (AvgIpc) is 2.55. The van der Waals surface area contributed by atoms with E-state index in [-0.39, 0.29) is 23.7 Å². The lowest BCUT2D eigenvalue weighted by atomic mass is 10.1. The fraction of sp³-hybridized carbons (Fsp3) is 0.235. The molecular formula is C17H18N2O4. The van der Waals surface area contributed by atoms with E-state index in [1.165, 1.54) is 12.1 Å². The smallest absolute Gasteiger partial charge is 0.296 e. The second-order valence-electron chi connectivity index (χ2n) is 4.90. The van der Waals surface area contributed by atoms with Crippen molar-refractivity contribution < 1.29 is 14.5 Å². The summed E-state index contributed by atoms with van der Waals surface area (Å²) < 4.78 is 5.24. The summed E-state index contributed by atoms with van der Waals surface area (Å²) in [6.45, 7) is 2.21. The summed E-state index contributed by atoms with van der Waals surface area (Å²) in [5, 5.41) is 13.7. The van der Waals surface area contributed by atoms with Crippen LogP contribution in [0.5, 0.6) is 5.75 Å². The van der Waals surface area contributed by atoms with E-state index < -0.39 is 4.92 Å². The minimum atomic E-state index is -0.532. The molecule has 120 valence electrons. The van der Waals surface area contributed by atoms with Crippen LogP contribution in [0.25, 0.3) is 0 Å². The molecule has 0 heterocycles. The number of aryl methyl sites for hydroxylation is 1. The van der Waals surface area contributed by atoms with Gasteiger partial charge in [0.1, 0.15) is 11.4 Å². The Morgan fingerprint density at radius 3 is 2.61 bits per heavy atom. The molecule has 0 saturated carbocycles. The topological polar surface area (TPSA) is 81.5 Å². The van der Waals surface area contributed by atoms with Crippen LogP contribution < -0.4 is 10.1 Å². The quantitative estimate of drug-likeness (QED) is 0.625. The third kappa shape index (κ3) is 4.81. The summed E-state index contributed by atoms with van der Waals surface area (Å²) in [7, 11) is 0. The van der Waals surface area contributed by atoms with Gasteiger partial charge in [-0.2, -0.15) is 0 Å². The van der Waals surface area contributed by atoms with Gasteiger partial charge in [-0.15, -0.1) is 0 Å². The average molecular weight is 314 g/mol. The maximum absolute atomic E-state index is 12.0. The molecule has 2 aromatic rings. The van der Waals surface area contributed by atoms with Gasteiger partial charge in [-0.3, -0.25) is 14.9 Å². The lowest BCUT2D eigenvalue weighted by molar-refractivity contribution is -0.384. The molecule has 1 amide bonds. The number of rotatable bonds is 7. The largest absolute Gasteiger partial charge is 0.494 e. The van der Waals surface area contributed by atoms with E-state index in [2.05, 4.69) is 5.32 Å². The molecule has 0 radical (unpaired) electrons. The zero-order valence-corrected chi connectivity index (χ0v) is 12.8. The molecule has 0 saturated heterocycles. The van der Waals surface area contributed by atoms with Gasteiger partial charge in [0, 0.05) is 6.42 Å². The zero-order valence-electron chi connectivity index (χ0n) is 12.8. The number of benzene rings is 2. The van der Waals surface area contributed by atoms with Gasteiger partial charge in [0.2, 0.25) is 5.91 Å². The highest BCUT2D eigenvalue weighted by molar-refractivity contribution is 5.93. The van der Waals surface area contributed by atoms with Gasteiger partial charge in [0.15, 0.2) is 0 Å². The van der Waals surface area contributed by atoms with E-state index in [9.17, 15) is 14.9 Å². The standard InChI is InChI=1S/C17H18N2O4/c1-2-23-14-9-10-15(16(12-14)19(21)22)18-17(20)11-8-13-6-4-3-5-7-13/h3-7,9-10,12H,2,8,11H2,1H3,(H,18,20). The molecule has 2 rings (SSSR count). The number of nitrogens with zero attached hydrogens (tertiary/aromatic N) is 1. The fourth-order valence-corrected chi connectivity index (χ4v) is 2.14. The molecule has 0 atom stereocenters. The zero-order chi connectivity index (χ0) is 16.7. The summed E-state index contributed by atoms with van der Waals surface area (Å²) in [5.41, 5.74) is 1.05. The Bertz CT molecular complexity index is 686. The van der Waals surface area contributed by atoms with E-state index in [1.807, 2.05) is 30.3 Å². The molecule has 0 unspecified atom stereocenters. The monoisotopic (exact) mass is 314 g/mol. The van der Waals surface area contributed by atoms with E-state index in [0.717, 1.165) is 5.56 Å². The molecule has 0 spiro atoms. The molecule has 0 fully saturated rings. The van der Waals surface area contributed by atoms with Gasteiger partial charge in [0.05, 0.1) is 17.6 Å². The number of carbonyl (C=O) groups is 1. The first-order chi connectivity index (χ1) is 11.1. The highest BCUT2D eigenvalue weighted by Crippen LogP contribution is 2.29. The van der Waals surface area contributed by atoms with Crippen molar-refractivity contribution in [1.29, 1.82) is 0 Å². The van der Waals surface area contributed by atoms with Gasteiger partial charge in [-0.25, -0.2) is 0 Å². The molecule has 0 aliphatic carbocycles. The fourth-order valence-electron chi connectivity index (χ4n) is 2.14. The van der Waals surface area contributed by atoms with E-state index >= 15 is 0 Å². The molecule has 6 nitrogen and oxygen atoms in total. The Hall–Kier alpha value is -2.89. The van der Waals surface area contributed by atoms with Crippen molar-refractivity contribution in [3.63, 3.8) is 0 Å². The van der Waals surface area contributed by atoms with Gasteiger partial charge in [0.25, 0.3) is 5.69 Å². The Morgan fingerprint density at radius 1 is 1.22 bits per heavy atom. The highest BCUT2D eigenvalue weighted by atomic mass is 16.6. The second-order valence-corrected chi connectivity index (χ2v) is 4.90. The van der Waals surface area contributed by atoms with Crippen LogP contribution in [0.15, 0.2) is 48.5 Å². The summed E-state index contributed by atoms with van der Waals surface area (Å²) >= 11 is 0. The van der Waals surface area contributed by atoms with Crippen molar-refractivity contribution in [2.45, 2.75) is 19.8 Å². The van der Waals surface area contributed by atoms with Crippen molar-refractivity contribution in [3.8, 4) is 5.75 Å². The molecule has 6 heteroatoms. The number of nitro groups is 1. The molecule has 0 aliphatic rings. The minimum Gasteiger partial charge on any atom is -0.494 e.